The summed E-state index contributed by atoms with van der Waals surface area (Å²) >= 11 is 0. The third kappa shape index (κ3) is 5.28. The van der Waals surface area contributed by atoms with Crippen molar-refractivity contribution in [3.8, 4) is 17.2 Å². The minimum absolute atomic E-state index is 0.0950. The monoisotopic (exact) mass is 366 g/mol. The molecule has 0 spiro atoms. The van der Waals surface area contributed by atoms with Gasteiger partial charge in [0.05, 0.1) is 6.20 Å². The van der Waals surface area contributed by atoms with Crippen LogP contribution < -0.4 is 10.1 Å². The molecule has 0 aliphatic rings. The van der Waals surface area contributed by atoms with Gasteiger partial charge in [-0.3, -0.25) is 9.78 Å². The summed E-state index contributed by atoms with van der Waals surface area (Å²) in [5.41, 5.74) is 1.34. The molecule has 0 saturated carbocycles. The van der Waals surface area contributed by atoms with Gasteiger partial charge in [-0.05, 0) is 47.9 Å². The number of aromatic nitrogens is 1. The number of halogens is 1. The molecule has 1 aromatic heterocycles. The van der Waals surface area contributed by atoms with Crippen molar-refractivity contribution in [3.05, 3.63) is 83.9 Å². The first kappa shape index (κ1) is 18.4. The lowest BCUT2D eigenvalue weighted by molar-refractivity contribution is -0.121. The van der Waals surface area contributed by atoms with E-state index in [9.17, 15) is 14.3 Å². The zero-order valence-electron chi connectivity index (χ0n) is 14.6. The first-order chi connectivity index (χ1) is 13.1. The molecule has 3 aromatic rings. The van der Waals surface area contributed by atoms with E-state index in [1.165, 1.54) is 18.3 Å². The van der Waals surface area contributed by atoms with Gasteiger partial charge in [0, 0.05) is 19.2 Å². The zero-order valence-corrected chi connectivity index (χ0v) is 14.6. The van der Waals surface area contributed by atoms with Crippen LogP contribution in [0, 0.1) is 5.82 Å². The number of benzene rings is 2. The van der Waals surface area contributed by atoms with E-state index in [-0.39, 0.29) is 30.4 Å². The fraction of sp³-hybridized carbons (Fsp3) is 0.143. The zero-order chi connectivity index (χ0) is 19.1. The van der Waals surface area contributed by atoms with E-state index in [1.54, 1.807) is 42.6 Å². The highest BCUT2D eigenvalue weighted by molar-refractivity contribution is 5.76. The van der Waals surface area contributed by atoms with Crippen molar-refractivity contribution in [1.82, 2.24) is 10.3 Å². The molecule has 1 amide bonds. The molecule has 0 bridgehead atoms. The third-order valence-electron chi connectivity index (χ3n) is 3.96. The predicted octanol–water partition coefficient (Wildman–Crippen LogP) is 3.97. The molecule has 27 heavy (non-hydrogen) atoms. The third-order valence-corrected chi connectivity index (χ3v) is 3.96. The molecule has 0 aliphatic carbocycles. The summed E-state index contributed by atoms with van der Waals surface area (Å²) in [5.74, 6) is 0.0324. The molecule has 0 unspecified atom stereocenters. The lowest BCUT2D eigenvalue weighted by Gasteiger charge is -2.09. The SMILES string of the molecule is O=C(CCc1ccccc1O)NCc1ccc(Oc2cccnc2)c(F)c1. The number of nitrogens with zero attached hydrogens (tertiary/aromatic N) is 1. The standard InChI is InChI=1S/C21H19FN2O3/c22-18-12-15(7-9-20(18)27-17-5-3-11-23-14-17)13-24-21(26)10-8-16-4-1-2-6-19(16)25/h1-7,9,11-12,14,25H,8,10,13H2,(H,24,26). The lowest BCUT2D eigenvalue weighted by atomic mass is 10.1. The van der Waals surface area contributed by atoms with E-state index >= 15 is 0 Å². The molecule has 0 radical (unpaired) electrons. The Bertz CT molecular complexity index is 916. The highest BCUT2D eigenvalue weighted by atomic mass is 19.1. The Morgan fingerprint density at radius 1 is 1.15 bits per heavy atom. The van der Waals surface area contributed by atoms with E-state index < -0.39 is 5.82 Å². The summed E-state index contributed by atoms with van der Waals surface area (Å²) in [7, 11) is 0. The first-order valence-electron chi connectivity index (χ1n) is 8.51. The fourth-order valence-corrected chi connectivity index (χ4v) is 2.53. The first-order valence-corrected chi connectivity index (χ1v) is 8.51. The Labute approximate surface area is 156 Å². The minimum Gasteiger partial charge on any atom is -0.508 e. The maximum absolute atomic E-state index is 14.2. The van der Waals surface area contributed by atoms with E-state index in [2.05, 4.69) is 10.3 Å². The number of aromatic hydroxyl groups is 1. The maximum Gasteiger partial charge on any atom is 0.220 e. The van der Waals surface area contributed by atoms with Gasteiger partial charge in [0.1, 0.15) is 11.5 Å². The second kappa shape index (κ2) is 8.80. The average Bonchev–Trinajstić information content (AvgIpc) is 2.68. The van der Waals surface area contributed by atoms with Gasteiger partial charge < -0.3 is 15.2 Å². The Kier molecular flexibility index (Phi) is 5.99. The maximum atomic E-state index is 14.2. The van der Waals surface area contributed by atoms with Crippen molar-refractivity contribution in [3.63, 3.8) is 0 Å². The number of aryl methyl sites for hydroxylation is 1. The molecule has 2 N–H and O–H groups in total. The molecule has 138 valence electrons. The highest BCUT2D eigenvalue weighted by Crippen LogP contribution is 2.24. The van der Waals surface area contributed by atoms with Crippen LogP contribution in [0.1, 0.15) is 17.5 Å². The van der Waals surface area contributed by atoms with Crippen LogP contribution >= 0.6 is 0 Å². The van der Waals surface area contributed by atoms with Crippen LogP contribution in [0.25, 0.3) is 0 Å². The smallest absolute Gasteiger partial charge is 0.220 e. The number of carbonyl (C=O) groups is 1. The van der Waals surface area contributed by atoms with Crippen LogP contribution in [0.3, 0.4) is 0 Å². The number of ether oxygens (including phenoxy) is 1. The molecule has 0 atom stereocenters. The average molecular weight is 366 g/mol. The van der Waals surface area contributed by atoms with Gasteiger partial charge >= 0.3 is 0 Å². The van der Waals surface area contributed by atoms with Crippen molar-refractivity contribution < 1.29 is 19.0 Å². The van der Waals surface area contributed by atoms with E-state index in [0.29, 0.717) is 17.7 Å². The Balaban J connectivity index is 1.51. The summed E-state index contributed by atoms with van der Waals surface area (Å²) in [6, 6.07) is 14.8. The van der Waals surface area contributed by atoms with E-state index in [1.807, 2.05) is 6.07 Å². The van der Waals surface area contributed by atoms with Crippen LogP contribution in [-0.2, 0) is 17.8 Å². The van der Waals surface area contributed by atoms with E-state index in [4.69, 9.17) is 4.74 Å². The second-order valence-corrected chi connectivity index (χ2v) is 5.96. The summed E-state index contributed by atoms with van der Waals surface area (Å²) in [6.45, 7) is 0.212. The number of phenolic OH excluding ortho intramolecular Hbond substituents is 1. The molecule has 0 fully saturated rings. The highest BCUT2D eigenvalue weighted by Gasteiger charge is 2.08. The quantitative estimate of drug-likeness (QED) is 0.664. The van der Waals surface area contributed by atoms with Gasteiger partial charge in [-0.2, -0.15) is 0 Å². The van der Waals surface area contributed by atoms with Crippen LogP contribution in [-0.4, -0.2) is 16.0 Å². The second-order valence-electron chi connectivity index (χ2n) is 5.96. The van der Waals surface area contributed by atoms with Gasteiger partial charge in [0.15, 0.2) is 11.6 Å². The molecule has 0 aliphatic heterocycles. The molecular weight excluding hydrogens is 347 g/mol. The lowest BCUT2D eigenvalue weighted by Crippen LogP contribution is -2.23. The van der Waals surface area contributed by atoms with Gasteiger partial charge in [-0.1, -0.05) is 24.3 Å². The van der Waals surface area contributed by atoms with Crippen molar-refractivity contribution in [2.75, 3.05) is 0 Å². The largest absolute Gasteiger partial charge is 0.508 e. The molecule has 6 heteroatoms. The Morgan fingerprint density at radius 2 is 2.00 bits per heavy atom. The minimum atomic E-state index is -0.514. The van der Waals surface area contributed by atoms with Gasteiger partial charge in [0.25, 0.3) is 0 Å². The van der Waals surface area contributed by atoms with Crippen LogP contribution in [0.4, 0.5) is 4.39 Å². The van der Waals surface area contributed by atoms with E-state index in [0.717, 1.165) is 5.56 Å². The van der Waals surface area contributed by atoms with Crippen molar-refractivity contribution in [2.45, 2.75) is 19.4 Å². The summed E-state index contributed by atoms with van der Waals surface area (Å²) in [4.78, 5) is 15.9. The van der Waals surface area contributed by atoms with Crippen LogP contribution in [0.2, 0.25) is 0 Å². The number of para-hydroxylation sites is 1. The number of hydrogen-bond acceptors (Lipinski definition) is 4. The molecule has 2 aromatic carbocycles. The molecule has 5 nitrogen and oxygen atoms in total. The number of phenols is 1. The molecule has 0 saturated heterocycles. The Morgan fingerprint density at radius 3 is 2.74 bits per heavy atom. The van der Waals surface area contributed by atoms with Gasteiger partial charge in [0.2, 0.25) is 5.91 Å². The van der Waals surface area contributed by atoms with Crippen molar-refractivity contribution in [2.24, 2.45) is 0 Å². The normalized spacial score (nSPS) is 10.4. The van der Waals surface area contributed by atoms with Gasteiger partial charge in [-0.15, -0.1) is 0 Å². The number of pyridine rings is 1. The Hall–Kier alpha value is -3.41. The predicted molar refractivity (Wildman–Crippen MR) is 99.0 cm³/mol. The molecule has 1 heterocycles. The molecular formula is C21H19FN2O3. The number of carbonyl (C=O) groups excluding carboxylic acids is 1. The number of amides is 1. The summed E-state index contributed by atoms with van der Waals surface area (Å²) in [5, 5.41) is 12.5. The van der Waals surface area contributed by atoms with Crippen molar-refractivity contribution >= 4 is 5.91 Å². The molecule has 3 rings (SSSR count). The fourth-order valence-electron chi connectivity index (χ4n) is 2.53. The number of hydrogen-bond donors (Lipinski definition) is 2. The van der Waals surface area contributed by atoms with Gasteiger partial charge in [-0.25, -0.2) is 4.39 Å². The topological polar surface area (TPSA) is 71.5 Å². The number of nitrogens with one attached hydrogen (secondary N) is 1. The van der Waals surface area contributed by atoms with Crippen LogP contribution in [0.15, 0.2) is 67.0 Å². The summed E-state index contributed by atoms with van der Waals surface area (Å²) < 4.78 is 19.6. The van der Waals surface area contributed by atoms with Crippen molar-refractivity contribution in [1.29, 1.82) is 0 Å². The number of rotatable bonds is 7. The summed E-state index contributed by atoms with van der Waals surface area (Å²) in [6.07, 6.45) is 3.78. The van der Waals surface area contributed by atoms with Crippen LogP contribution in [0.5, 0.6) is 17.2 Å².